The van der Waals surface area contributed by atoms with E-state index in [2.05, 4.69) is 9.87 Å². The van der Waals surface area contributed by atoms with Crippen LogP contribution in [0.2, 0.25) is 0 Å². The maximum Gasteiger partial charge on any atom is 0.196 e. The Balaban J connectivity index is 2.30. The highest BCUT2D eigenvalue weighted by Crippen LogP contribution is 2.37. The third kappa shape index (κ3) is 0.814. The fourth-order valence-corrected chi connectivity index (χ4v) is 1.88. The van der Waals surface area contributed by atoms with Gasteiger partial charge in [-0.2, -0.15) is 0 Å². The van der Waals surface area contributed by atoms with E-state index in [9.17, 15) is 0 Å². The lowest BCUT2D eigenvalue weighted by molar-refractivity contribution is -0.287. The number of aromatic nitrogens is 2. The Labute approximate surface area is 80.3 Å². The molecule has 14 heavy (non-hydrogen) atoms. The van der Waals surface area contributed by atoms with Crippen molar-refractivity contribution in [3.63, 3.8) is 0 Å². The maximum atomic E-state index is 8.83. The van der Waals surface area contributed by atoms with E-state index in [0.717, 1.165) is 17.0 Å². The van der Waals surface area contributed by atoms with E-state index in [0.29, 0.717) is 0 Å². The van der Waals surface area contributed by atoms with Crippen molar-refractivity contribution in [3.8, 4) is 11.4 Å². The highest BCUT2D eigenvalue weighted by atomic mass is 17.1. The molecule has 2 aromatic rings. The third-order valence-electron chi connectivity index (χ3n) is 2.49. The van der Waals surface area contributed by atoms with Crippen molar-refractivity contribution in [2.75, 3.05) is 0 Å². The number of fused-ring (bicyclic) bond motifs is 3. The standard InChI is InChI=1S/C10H8N2O2/c13-14-10-8-4-2-1-3-7(8)9-11-5-6-12(9)10/h1-6,10,13H. The summed E-state index contributed by atoms with van der Waals surface area (Å²) in [6.07, 6.45) is 3.02. The normalized spacial score (nSPS) is 17.9. The SMILES string of the molecule is OOC1c2ccccc2-c2nccn21. The maximum absolute atomic E-state index is 8.83. The van der Waals surface area contributed by atoms with E-state index >= 15 is 0 Å². The van der Waals surface area contributed by atoms with Crippen LogP contribution in [0.4, 0.5) is 0 Å². The minimum absolute atomic E-state index is 0.455. The van der Waals surface area contributed by atoms with Crippen molar-refractivity contribution in [1.29, 1.82) is 0 Å². The van der Waals surface area contributed by atoms with E-state index in [1.165, 1.54) is 0 Å². The Morgan fingerprint density at radius 3 is 3.07 bits per heavy atom. The first-order valence-corrected chi connectivity index (χ1v) is 4.34. The molecule has 1 aliphatic heterocycles. The zero-order valence-corrected chi connectivity index (χ0v) is 7.29. The van der Waals surface area contributed by atoms with Crippen LogP contribution in [0.1, 0.15) is 11.8 Å². The molecule has 1 N–H and O–H groups in total. The molecule has 0 saturated carbocycles. The minimum Gasteiger partial charge on any atom is -0.298 e. The van der Waals surface area contributed by atoms with E-state index in [4.69, 9.17) is 5.26 Å². The van der Waals surface area contributed by atoms with Crippen molar-refractivity contribution in [1.82, 2.24) is 9.55 Å². The predicted molar refractivity (Wildman–Crippen MR) is 49.5 cm³/mol. The predicted octanol–water partition coefficient (Wildman–Crippen LogP) is 1.90. The highest BCUT2D eigenvalue weighted by Gasteiger charge is 2.29. The van der Waals surface area contributed by atoms with Gasteiger partial charge < -0.3 is 0 Å². The summed E-state index contributed by atoms with van der Waals surface area (Å²) >= 11 is 0. The molecular weight excluding hydrogens is 180 g/mol. The van der Waals surface area contributed by atoms with Crippen LogP contribution < -0.4 is 0 Å². The van der Waals surface area contributed by atoms with Gasteiger partial charge in [-0.3, -0.25) is 4.57 Å². The molecule has 0 saturated heterocycles. The first kappa shape index (κ1) is 7.73. The largest absolute Gasteiger partial charge is 0.298 e. The van der Waals surface area contributed by atoms with Gasteiger partial charge in [-0.15, -0.1) is 0 Å². The summed E-state index contributed by atoms with van der Waals surface area (Å²) in [5, 5.41) is 8.83. The van der Waals surface area contributed by atoms with Gasteiger partial charge in [-0.1, -0.05) is 24.3 Å². The molecule has 0 bridgehead atoms. The van der Waals surface area contributed by atoms with Crippen molar-refractivity contribution < 1.29 is 10.1 Å². The number of nitrogens with zero attached hydrogens (tertiary/aromatic N) is 2. The Morgan fingerprint density at radius 2 is 2.21 bits per heavy atom. The van der Waals surface area contributed by atoms with Crippen LogP contribution in [0.25, 0.3) is 11.4 Å². The molecule has 2 heterocycles. The summed E-state index contributed by atoms with van der Waals surface area (Å²) in [5.41, 5.74) is 1.95. The topological polar surface area (TPSA) is 47.3 Å². The van der Waals surface area contributed by atoms with Gasteiger partial charge in [0.2, 0.25) is 0 Å². The van der Waals surface area contributed by atoms with Gasteiger partial charge in [0.05, 0.1) is 0 Å². The Bertz CT molecular complexity index is 478. The molecule has 0 spiro atoms. The molecule has 70 valence electrons. The zero-order valence-electron chi connectivity index (χ0n) is 7.29. The number of hydrogen-bond acceptors (Lipinski definition) is 3. The monoisotopic (exact) mass is 188 g/mol. The van der Waals surface area contributed by atoms with Gasteiger partial charge in [-0.05, 0) is 0 Å². The Kier molecular flexibility index (Phi) is 1.47. The molecule has 1 aliphatic rings. The second-order valence-corrected chi connectivity index (χ2v) is 3.20. The van der Waals surface area contributed by atoms with Gasteiger partial charge in [0.1, 0.15) is 5.82 Å². The van der Waals surface area contributed by atoms with Crippen molar-refractivity contribution >= 4 is 0 Å². The molecule has 1 aromatic heterocycles. The number of rotatable bonds is 1. The molecule has 4 heteroatoms. The first-order valence-electron chi connectivity index (χ1n) is 4.34. The van der Waals surface area contributed by atoms with Crippen molar-refractivity contribution in [3.05, 3.63) is 42.2 Å². The van der Waals surface area contributed by atoms with Crippen LogP contribution in [0.5, 0.6) is 0 Å². The molecule has 0 aliphatic carbocycles. The van der Waals surface area contributed by atoms with E-state index in [-0.39, 0.29) is 0 Å². The Hall–Kier alpha value is -1.65. The van der Waals surface area contributed by atoms with Gasteiger partial charge in [0, 0.05) is 23.5 Å². The van der Waals surface area contributed by atoms with Crippen LogP contribution >= 0.6 is 0 Å². The summed E-state index contributed by atoms with van der Waals surface area (Å²) in [6.45, 7) is 0. The van der Waals surface area contributed by atoms with E-state index in [1.54, 1.807) is 17.0 Å². The molecule has 1 aromatic carbocycles. The number of hydrogen-bond donors (Lipinski definition) is 1. The molecule has 4 nitrogen and oxygen atoms in total. The third-order valence-corrected chi connectivity index (χ3v) is 2.49. The molecular formula is C10H8N2O2. The Morgan fingerprint density at radius 1 is 1.36 bits per heavy atom. The summed E-state index contributed by atoms with van der Waals surface area (Å²) in [5.74, 6) is 0.833. The van der Waals surface area contributed by atoms with Crippen molar-refractivity contribution in [2.24, 2.45) is 0 Å². The number of benzene rings is 1. The molecule has 0 radical (unpaired) electrons. The second kappa shape index (κ2) is 2.67. The quantitative estimate of drug-likeness (QED) is 0.549. The average Bonchev–Trinajstić information content (AvgIpc) is 2.77. The van der Waals surface area contributed by atoms with Gasteiger partial charge >= 0.3 is 0 Å². The van der Waals surface area contributed by atoms with Crippen LogP contribution in [0.3, 0.4) is 0 Å². The summed E-state index contributed by atoms with van der Waals surface area (Å²) in [7, 11) is 0. The fourth-order valence-electron chi connectivity index (χ4n) is 1.88. The zero-order chi connectivity index (χ0) is 9.54. The second-order valence-electron chi connectivity index (χ2n) is 3.20. The lowest BCUT2D eigenvalue weighted by atomic mass is 10.1. The average molecular weight is 188 g/mol. The first-order chi connectivity index (χ1) is 6.92. The summed E-state index contributed by atoms with van der Waals surface area (Å²) in [6, 6.07) is 7.74. The fraction of sp³-hybridized carbons (Fsp3) is 0.100. The van der Waals surface area contributed by atoms with E-state index in [1.807, 2.05) is 24.3 Å². The highest BCUT2D eigenvalue weighted by molar-refractivity contribution is 5.65. The van der Waals surface area contributed by atoms with Crippen LogP contribution in [-0.2, 0) is 4.89 Å². The summed E-state index contributed by atoms with van der Waals surface area (Å²) < 4.78 is 1.80. The number of imidazole rings is 1. The molecule has 1 unspecified atom stereocenters. The minimum atomic E-state index is -0.455. The van der Waals surface area contributed by atoms with Gasteiger partial charge in [0.25, 0.3) is 0 Å². The van der Waals surface area contributed by atoms with Gasteiger partial charge in [0.15, 0.2) is 6.23 Å². The molecule has 1 atom stereocenters. The van der Waals surface area contributed by atoms with Gasteiger partial charge in [-0.25, -0.2) is 15.1 Å². The summed E-state index contributed by atoms with van der Waals surface area (Å²) in [4.78, 5) is 8.65. The lowest BCUT2D eigenvalue weighted by Gasteiger charge is -2.09. The van der Waals surface area contributed by atoms with Crippen LogP contribution in [-0.4, -0.2) is 14.8 Å². The van der Waals surface area contributed by atoms with E-state index < -0.39 is 6.23 Å². The lowest BCUT2D eigenvalue weighted by Crippen LogP contribution is -2.06. The smallest absolute Gasteiger partial charge is 0.196 e. The van der Waals surface area contributed by atoms with Crippen LogP contribution in [0.15, 0.2) is 36.7 Å². The van der Waals surface area contributed by atoms with Crippen molar-refractivity contribution in [2.45, 2.75) is 6.23 Å². The molecule has 3 rings (SSSR count). The molecule has 0 fully saturated rings. The molecule has 0 amide bonds. The van der Waals surface area contributed by atoms with Crippen LogP contribution in [0, 0.1) is 0 Å².